The third kappa shape index (κ3) is 2.91. The molecule has 78 valence electrons. The first-order chi connectivity index (χ1) is 7.25. The van der Waals surface area contributed by atoms with E-state index in [2.05, 4.69) is 40.8 Å². The maximum atomic E-state index is 11.6. The van der Waals surface area contributed by atoms with Crippen LogP contribution in [0.4, 0.5) is 0 Å². The summed E-state index contributed by atoms with van der Waals surface area (Å²) in [5.41, 5.74) is 2.15. The smallest absolute Gasteiger partial charge is 0.158 e. The molecule has 0 saturated heterocycles. The Morgan fingerprint density at radius 2 is 2.00 bits per heavy atom. The molecule has 0 atom stereocenters. The Morgan fingerprint density at radius 3 is 2.73 bits per heavy atom. The molecule has 1 saturated carbocycles. The van der Waals surface area contributed by atoms with Gasteiger partial charge in [0, 0.05) is 9.99 Å². The summed E-state index contributed by atoms with van der Waals surface area (Å²) in [6.07, 6.45) is 5.94. The van der Waals surface area contributed by atoms with E-state index in [1.807, 2.05) is 12.1 Å². The number of Topliss-reactive ketones (excluding diaryl/α,β-unsaturated/α-hetero) is 1. The predicted octanol–water partition coefficient (Wildman–Crippen LogP) is 3.82. The number of rotatable bonds is 1. The molecule has 0 aromatic heterocycles. The highest BCUT2D eigenvalue weighted by atomic mass is 127. The van der Waals surface area contributed by atoms with Crippen molar-refractivity contribution in [1.29, 1.82) is 0 Å². The summed E-state index contributed by atoms with van der Waals surface area (Å²) in [5.74, 6) is 0.333. The van der Waals surface area contributed by atoms with Crippen LogP contribution in [0.1, 0.15) is 31.2 Å². The highest BCUT2D eigenvalue weighted by Gasteiger charge is 2.14. The minimum Gasteiger partial charge on any atom is -0.295 e. The van der Waals surface area contributed by atoms with Crippen molar-refractivity contribution in [3.63, 3.8) is 0 Å². The lowest BCUT2D eigenvalue weighted by Gasteiger charge is -2.12. The van der Waals surface area contributed by atoms with Gasteiger partial charge in [0.05, 0.1) is 0 Å². The minimum atomic E-state index is 0.333. The van der Waals surface area contributed by atoms with E-state index in [9.17, 15) is 4.79 Å². The molecule has 0 N–H and O–H groups in total. The van der Waals surface area contributed by atoms with Gasteiger partial charge in [-0.1, -0.05) is 12.1 Å². The highest BCUT2D eigenvalue weighted by Crippen LogP contribution is 2.22. The summed E-state index contributed by atoms with van der Waals surface area (Å²) in [5, 5.41) is 0. The minimum absolute atomic E-state index is 0.333. The zero-order valence-electron chi connectivity index (χ0n) is 8.50. The van der Waals surface area contributed by atoms with Crippen LogP contribution in [0, 0.1) is 3.57 Å². The molecule has 1 aromatic rings. The average Bonchev–Trinajstić information content (AvgIpc) is 2.22. The molecule has 1 aliphatic rings. The van der Waals surface area contributed by atoms with Gasteiger partial charge in [-0.25, -0.2) is 0 Å². The normalized spacial score (nSPS) is 19.5. The predicted molar refractivity (Wildman–Crippen MR) is 70.6 cm³/mol. The van der Waals surface area contributed by atoms with E-state index in [1.54, 1.807) is 0 Å². The quantitative estimate of drug-likeness (QED) is 0.569. The van der Waals surface area contributed by atoms with Crippen LogP contribution >= 0.6 is 22.6 Å². The van der Waals surface area contributed by atoms with Crippen molar-refractivity contribution in [3.05, 3.63) is 39.0 Å². The largest absolute Gasteiger partial charge is 0.295 e. The molecule has 0 amide bonds. The van der Waals surface area contributed by atoms with Gasteiger partial charge in [0.1, 0.15) is 0 Å². The monoisotopic (exact) mass is 312 g/mol. The molecule has 1 aromatic carbocycles. The van der Waals surface area contributed by atoms with Crippen LogP contribution in [0.5, 0.6) is 0 Å². The SMILES string of the molecule is O=C1CCCCC1=Cc1cccc(I)c1. The molecule has 1 fully saturated rings. The van der Waals surface area contributed by atoms with E-state index >= 15 is 0 Å². The van der Waals surface area contributed by atoms with E-state index in [0.717, 1.165) is 36.8 Å². The Hall–Kier alpha value is -0.640. The fraction of sp³-hybridized carbons (Fsp3) is 0.308. The van der Waals surface area contributed by atoms with Gasteiger partial charge in [0.15, 0.2) is 5.78 Å². The molecule has 15 heavy (non-hydrogen) atoms. The lowest BCUT2D eigenvalue weighted by molar-refractivity contribution is -0.116. The molecule has 0 heterocycles. The van der Waals surface area contributed by atoms with Gasteiger partial charge in [-0.05, 0) is 71.2 Å². The number of hydrogen-bond donors (Lipinski definition) is 0. The Morgan fingerprint density at radius 1 is 1.20 bits per heavy atom. The van der Waals surface area contributed by atoms with E-state index in [0.29, 0.717) is 5.78 Å². The number of allylic oxidation sites excluding steroid dienone is 1. The summed E-state index contributed by atoms with van der Waals surface area (Å²) in [7, 11) is 0. The average molecular weight is 312 g/mol. The van der Waals surface area contributed by atoms with Crippen molar-refractivity contribution >= 4 is 34.5 Å². The van der Waals surface area contributed by atoms with Gasteiger partial charge in [-0.15, -0.1) is 0 Å². The van der Waals surface area contributed by atoms with Crippen LogP contribution in [0.3, 0.4) is 0 Å². The van der Waals surface area contributed by atoms with Gasteiger partial charge in [0.2, 0.25) is 0 Å². The Kier molecular flexibility index (Phi) is 3.57. The maximum absolute atomic E-state index is 11.6. The molecular weight excluding hydrogens is 299 g/mol. The maximum Gasteiger partial charge on any atom is 0.158 e. The zero-order valence-corrected chi connectivity index (χ0v) is 10.7. The molecule has 0 bridgehead atoms. The molecular formula is C13H13IO. The lowest BCUT2D eigenvalue weighted by Crippen LogP contribution is -2.07. The molecule has 2 rings (SSSR count). The molecule has 1 nitrogen and oxygen atoms in total. The first-order valence-electron chi connectivity index (χ1n) is 5.25. The topological polar surface area (TPSA) is 17.1 Å². The second kappa shape index (κ2) is 4.92. The Bertz CT molecular complexity index is 407. The van der Waals surface area contributed by atoms with E-state index in [-0.39, 0.29) is 0 Å². The van der Waals surface area contributed by atoms with Crippen LogP contribution < -0.4 is 0 Å². The van der Waals surface area contributed by atoms with Gasteiger partial charge in [-0.2, -0.15) is 0 Å². The first kappa shape index (κ1) is 10.9. The molecule has 0 spiro atoms. The molecule has 0 aliphatic heterocycles. The second-order valence-corrected chi connectivity index (χ2v) is 5.10. The highest BCUT2D eigenvalue weighted by molar-refractivity contribution is 14.1. The van der Waals surface area contributed by atoms with Crippen LogP contribution in [-0.2, 0) is 4.79 Å². The third-order valence-corrected chi connectivity index (χ3v) is 3.32. The summed E-state index contributed by atoms with van der Waals surface area (Å²) < 4.78 is 1.21. The number of ketones is 1. The van der Waals surface area contributed by atoms with Crippen LogP contribution in [0.25, 0.3) is 6.08 Å². The molecule has 2 heteroatoms. The van der Waals surface area contributed by atoms with Crippen molar-refractivity contribution in [1.82, 2.24) is 0 Å². The second-order valence-electron chi connectivity index (χ2n) is 3.85. The van der Waals surface area contributed by atoms with E-state index in [4.69, 9.17) is 0 Å². The summed E-state index contributed by atoms with van der Waals surface area (Å²) in [6, 6.07) is 8.25. The van der Waals surface area contributed by atoms with Crippen molar-refractivity contribution in [3.8, 4) is 0 Å². The van der Waals surface area contributed by atoms with Crippen LogP contribution in [0.2, 0.25) is 0 Å². The number of carbonyl (C=O) groups excluding carboxylic acids is 1. The summed E-state index contributed by atoms with van der Waals surface area (Å²) >= 11 is 2.29. The lowest BCUT2D eigenvalue weighted by atomic mass is 9.92. The molecule has 1 aliphatic carbocycles. The van der Waals surface area contributed by atoms with Gasteiger partial charge < -0.3 is 0 Å². The Balaban J connectivity index is 2.25. The number of benzene rings is 1. The van der Waals surface area contributed by atoms with E-state index in [1.165, 1.54) is 3.57 Å². The molecule has 0 unspecified atom stereocenters. The first-order valence-corrected chi connectivity index (χ1v) is 6.33. The van der Waals surface area contributed by atoms with Crippen molar-refractivity contribution < 1.29 is 4.79 Å². The number of carbonyl (C=O) groups is 1. The third-order valence-electron chi connectivity index (χ3n) is 2.65. The summed E-state index contributed by atoms with van der Waals surface area (Å²) in [6.45, 7) is 0. The van der Waals surface area contributed by atoms with Crippen LogP contribution in [0.15, 0.2) is 29.8 Å². The Labute approximate surface area is 104 Å². The van der Waals surface area contributed by atoms with E-state index < -0.39 is 0 Å². The summed E-state index contributed by atoms with van der Waals surface area (Å²) in [4.78, 5) is 11.6. The van der Waals surface area contributed by atoms with Gasteiger partial charge >= 0.3 is 0 Å². The van der Waals surface area contributed by atoms with Gasteiger partial charge in [0.25, 0.3) is 0 Å². The zero-order chi connectivity index (χ0) is 10.7. The van der Waals surface area contributed by atoms with Crippen LogP contribution in [-0.4, -0.2) is 5.78 Å². The molecule has 0 radical (unpaired) electrons. The fourth-order valence-electron chi connectivity index (χ4n) is 1.85. The van der Waals surface area contributed by atoms with Gasteiger partial charge in [-0.3, -0.25) is 4.79 Å². The standard InChI is InChI=1S/C13H13IO/c14-12-6-3-4-10(9-12)8-11-5-1-2-7-13(11)15/h3-4,6,8-9H,1-2,5,7H2. The number of halogens is 1. The number of hydrogen-bond acceptors (Lipinski definition) is 1. The van der Waals surface area contributed by atoms with Crippen molar-refractivity contribution in [2.45, 2.75) is 25.7 Å². The fourth-order valence-corrected chi connectivity index (χ4v) is 2.42. The van der Waals surface area contributed by atoms with Crippen molar-refractivity contribution in [2.24, 2.45) is 0 Å². The van der Waals surface area contributed by atoms with Crippen molar-refractivity contribution in [2.75, 3.05) is 0 Å².